The van der Waals surface area contributed by atoms with Crippen LogP contribution in [0.3, 0.4) is 0 Å². The van der Waals surface area contributed by atoms with Crippen LogP contribution in [0.1, 0.15) is 396 Å². The number of carbonyl (C=O) groups is 4. The molecule has 0 saturated carbocycles. The molecule has 0 aromatic carbocycles. The molecule has 3 unspecified atom stereocenters. The van der Waals surface area contributed by atoms with E-state index in [1.54, 1.807) is 0 Å². The third-order valence-corrected chi connectivity index (χ3v) is 20.0. The highest BCUT2D eigenvalue weighted by molar-refractivity contribution is 7.47. The minimum Gasteiger partial charge on any atom is -0.462 e. The zero-order valence-corrected chi connectivity index (χ0v) is 65.5. The van der Waals surface area contributed by atoms with Crippen molar-refractivity contribution in [1.82, 2.24) is 0 Å². The van der Waals surface area contributed by atoms with E-state index < -0.39 is 97.5 Å². The maximum Gasteiger partial charge on any atom is 0.472 e. The number of rotatable bonds is 75. The Morgan fingerprint density at radius 1 is 0.258 bits per heavy atom. The zero-order valence-electron chi connectivity index (χ0n) is 63.7. The van der Waals surface area contributed by atoms with Crippen LogP contribution in [0.2, 0.25) is 0 Å². The summed E-state index contributed by atoms with van der Waals surface area (Å²) in [5, 5.41) is 10.6. The van der Waals surface area contributed by atoms with E-state index in [0.29, 0.717) is 31.6 Å². The van der Waals surface area contributed by atoms with Crippen LogP contribution in [0.5, 0.6) is 0 Å². The standard InChI is InChI=1S/C78H152O17P2/c1-68(2)54-46-38-30-24-18-13-11-9-10-12-14-21-28-34-44-52-60-78(83)95-74(65-89-76(81)59-51-43-37-36-41-49-57-71(7)8)67-93-97(86,87)91-63-72(79)62-90-96(84,85)92-66-73(64-88-75(80)58-50-42-33-27-23-17-20-26-32-40-48-56-70(5)6)94-77(82)61-53-45-35-29-22-16-15-19-25-31-39-47-55-69(3)4/h68-74,79H,9-67H2,1-8H3,(H,84,85)(H,86,87)/t72?,73-,74-/m1/s1. The van der Waals surface area contributed by atoms with Gasteiger partial charge in [0.25, 0.3) is 0 Å². The molecule has 0 aliphatic carbocycles. The van der Waals surface area contributed by atoms with Crippen molar-refractivity contribution in [3.63, 3.8) is 0 Å². The van der Waals surface area contributed by atoms with E-state index in [2.05, 4.69) is 55.4 Å². The Kier molecular flexibility index (Phi) is 65.9. The lowest BCUT2D eigenvalue weighted by atomic mass is 10.0. The maximum atomic E-state index is 13.1. The largest absolute Gasteiger partial charge is 0.472 e. The van der Waals surface area contributed by atoms with Crippen molar-refractivity contribution >= 4 is 39.5 Å². The molecule has 0 aliphatic rings. The van der Waals surface area contributed by atoms with Crippen LogP contribution >= 0.6 is 15.6 Å². The van der Waals surface area contributed by atoms with Crippen LogP contribution in [-0.2, 0) is 65.4 Å². The van der Waals surface area contributed by atoms with Gasteiger partial charge in [-0.15, -0.1) is 0 Å². The smallest absolute Gasteiger partial charge is 0.462 e. The van der Waals surface area contributed by atoms with Gasteiger partial charge in [0, 0.05) is 25.7 Å². The lowest BCUT2D eigenvalue weighted by Crippen LogP contribution is -2.30. The summed E-state index contributed by atoms with van der Waals surface area (Å²) in [6, 6.07) is 0. The summed E-state index contributed by atoms with van der Waals surface area (Å²) in [6.45, 7) is 14.2. The van der Waals surface area contributed by atoms with Gasteiger partial charge in [0.05, 0.1) is 26.4 Å². The first-order chi connectivity index (χ1) is 46.6. The Balaban J connectivity index is 5.21. The predicted octanol–water partition coefficient (Wildman–Crippen LogP) is 22.8. The number of aliphatic hydroxyl groups is 1. The summed E-state index contributed by atoms with van der Waals surface area (Å²) >= 11 is 0. The quantitative estimate of drug-likeness (QED) is 0.0222. The molecule has 0 aliphatic heterocycles. The molecule has 0 heterocycles. The maximum absolute atomic E-state index is 13.1. The highest BCUT2D eigenvalue weighted by Crippen LogP contribution is 2.45. The number of carbonyl (C=O) groups excluding carboxylic acids is 4. The van der Waals surface area contributed by atoms with Gasteiger partial charge in [-0.1, -0.05) is 344 Å². The zero-order chi connectivity index (χ0) is 71.7. The molecular formula is C78H152O17P2. The third kappa shape index (κ3) is 72.2. The van der Waals surface area contributed by atoms with Gasteiger partial charge in [0.15, 0.2) is 12.2 Å². The van der Waals surface area contributed by atoms with E-state index in [9.17, 15) is 43.2 Å². The van der Waals surface area contributed by atoms with Crippen LogP contribution in [-0.4, -0.2) is 96.7 Å². The minimum absolute atomic E-state index is 0.106. The molecule has 0 radical (unpaired) electrons. The number of aliphatic hydroxyl groups excluding tert-OH is 1. The van der Waals surface area contributed by atoms with E-state index in [-0.39, 0.29) is 25.7 Å². The first-order valence-corrected chi connectivity index (χ1v) is 43.2. The summed E-state index contributed by atoms with van der Waals surface area (Å²) in [7, 11) is -9.92. The predicted molar refractivity (Wildman–Crippen MR) is 395 cm³/mol. The van der Waals surface area contributed by atoms with Crippen LogP contribution in [0.4, 0.5) is 0 Å². The fraction of sp³-hybridized carbons (Fsp3) is 0.949. The lowest BCUT2D eigenvalue weighted by molar-refractivity contribution is -0.161. The fourth-order valence-electron chi connectivity index (χ4n) is 11.9. The average Bonchev–Trinajstić information content (AvgIpc) is 1.31. The van der Waals surface area contributed by atoms with Gasteiger partial charge in [-0.25, -0.2) is 9.13 Å². The van der Waals surface area contributed by atoms with E-state index >= 15 is 0 Å². The van der Waals surface area contributed by atoms with Crippen molar-refractivity contribution < 1.29 is 80.2 Å². The molecule has 0 bridgehead atoms. The highest BCUT2D eigenvalue weighted by atomic mass is 31.2. The average molecular weight is 1420 g/mol. The number of hydrogen-bond acceptors (Lipinski definition) is 15. The Bertz CT molecular complexity index is 1900. The molecule has 3 N–H and O–H groups in total. The molecule has 0 spiro atoms. The first kappa shape index (κ1) is 95.1. The van der Waals surface area contributed by atoms with E-state index in [4.69, 9.17) is 37.0 Å². The van der Waals surface area contributed by atoms with Crippen LogP contribution in [0.25, 0.3) is 0 Å². The second-order valence-electron chi connectivity index (χ2n) is 30.0. The molecule has 97 heavy (non-hydrogen) atoms. The molecule has 17 nitrogen and oxygen atoms in total. The molecule has 0 amide bonds. The van der Waals surface area contributed by atoms with Gasteiger partial charge in [-0.3, -0.25) is 37.3 Å². The van der Waals surface area contributed by atoms with Gasteiger partial charge in [0.1, 0.15) is 19.3 Å². The lowest BCUT2D eigenvalue weighted by Gasteiger charge is -2.21. The summed E-state index contributed by atoms with van der Waals surface area (Å²) in [6.07, 6.45) is 52.9. The Morgan fingerprint density at radius 2 is 0.433 bits per heavy atom. The van der Waals surface area contributed by atoms with Gasteiger partial charge in [0.2, 0.25) is 0 Å². The van der Waals surface area contributed by atoms with Gasteiger partial charge >= 0.3 is 39.5 Å². The minimum atomic E-state index is -4.96. The van der Waals surface area contributed by atoms with Crippen molar-refractivity contribution in [3.05, 3.63) is 0 Å². The number of phosphoric acid groups is 2. The summed E-state index contributed by atoms with van der Waals surface area (Å²) in [4.78, 5) is 72.9. The van der Waals surface area contributed by atoms with Crippen molar-refractivity contribution in [2.45, 2.75) is 414 Å². The first-order valence-electron chi connectivity index (χ1n) is 40.2. The van der Waals surface area contributed by atoms with E-state index in [1.807, 2.05) is 0 Å². The SMILES string of the molecule is CC(C)CCCCCCCCCCCCCCCCCCC(=O)O[C@H](COC(=O)CCCCCCCCC(C)C)COP(=O)(O)OCC(O)COP(=O)(O)OC[C@@H](COC(=O)CCCCCCCCCCCCCC(C)C)OC(=O)CCCCCCCCCCCCCCC(C)C. The van der Waals surface area contributed by atoms with Crippen molar-refractivity contribution in [2.75, 3.05) is 39.6 Å². The summed E-state index contributed by atoms with van der Waals surface area (Å²) < 4.78 is 68.6. The third-order valence-electron chi connectivity index (χ3n) is 18.1. The van der Waals surface area contributed by atoms with E-state index in [1.165, 1.54) is 193 Å². The molecule has 576 valence electrons. The molecule has 0 aromatic heterocycles. The molecule has 0 saturated heterocycles. The summed E-state index contributed by atoms with van der Waals surface area (Å²) in [5.41, 5.74) is 0. The number of ether oxygens (including phenoxy) is 4. The van der Waals surface area contributed by atoms with Crippen molar-refractivity contribution in [2.24, 2.45) is 23.7 Å². The normalized spacial score (nSPS) is 14.1. The fourth-order valence-corrected chi connectivity index (χ4v) is 13.5. The number of phosphoric ester groups is 2. The van der Waals surface area contributed by atoms with Crippen LogP contribution in [0.15, 0.2) is 0 Å². The van der Waals surface area contributed by atoms with Crippen molar-refractivity contribution in [3.8, 4) is 0 Å². The Morgan fingerprint density at radius 3 is 0.639 bits per heavy atom. The molecule has 19 heteroatoms. The number of hydrogen-bond donors (Lipinski definition) is 3. The van der Waals surface area contributed by atoms with Gasteiger partial charge in [-0.2, -0.15) is 0 Å². The van der Waals surface area contributed by atoms with Gasteiger partial charge in [-0.05, 0) is 49.4 Å². The van der Waals surface area contributed by atoms with Crippen molar-refractivity contribution in [1.29, 1.82) is 0 Å². The molecule has 0 rings (SSSR count). The van der Waals surface area contributed by atoms with E-state index in [0.717, 1.165) is 114 Å². The molecule has 0 aromatic rings. The Labute approximate surface area is 594 Å². The monoisotopic (exact) mass is 1420 g/mol. The number of unbranched alkanes of at least 4 members (excludes halogenated alkanes) is 41. The Hall–Kier alpha value is -1.94. The number of esters is 4. The molecule has 5 atom stereocenters. The molecular weight excluding hydrogens is 1270 g/mol. The second-order valence-corrected chi connectivity index (χ2v) is 32.9. The topological polar surface area (TPSA) is 237 Å². The van der Waals surface area contributed by atoms with Crippen LogP contribution < -0.4 is 0 Å². The molecule has 0 fully saturated rings. The van der Waals surface area contributed by atoms with Crippen LogP contribution in [0, 0.1) is 23.7 Å². The second kappa shape index (κ2) is 67.2. The highest BCUT2D eigenvalue weighted by Gasteiger charge is 2.30. The van der Waals surface area contributed by atoms with Gasteiger partial charge < -0.3 is 33.8 Å². The summed E-state index contributed by atoms with van der Waals surface area (Å²) in [5.74, 6) is 0.917.